The maximum atomic E-state index is 13.9. The molecule has 184 valence electrons. The number of aromatic nitrogens is 3. The Hall–Kier alpha value is -4.65. The number of fused-ring (bicyclic) bond motifs is 3. The maximum Gasteiger partial charge on any atom is 0.322 e. The van der Waals surface area contributed by atoms with E-state index >= 15 is 0 Å². The van der Waals surface area contributed by atoms with E-state index in [1.807, 2.05) is 66.0 Å². The smallest absolute Gasteiger partial charge is 0.308 e. The molecule has 1 N–H and O–H groups in total. The second kappa shape index (κ2) is 9.09. The number of amides is 2. The number of aryl methyl sites for hydroxylation is 2. The lowest BCUT2D eigenvalue weighted by atomic mass is 10.0. The molecule has 0 bridgehead atoms. The number of nitrogens with one attached hydrogen (secondary N) is 1. The molecule has 0 spiro atoms. The van der Waals surface area contributed by atoms with Crippen LogP contribution in [0.15, 0.2) is 97.2 Å². The topological polar surface area (TPSA) is 55.1 Å². The van der Waals surface area contributed by atoms with Gasteiger partial charge in [-0.3, -0.25) is 0 Å². The van der Waals surface area contributed by atoms with Gasteiger partial charge in [0, 0.05) is 17.4 Å². The molecule has 1 atom stereocenters. The van der Waals surface area contributed by atoms with Gasteiger partial charge in [-0.05, 0) is 67.9 Å². The van der Waals surface area contributed by atoms with Crippen LogP contribution in [0.3, 0.4) is 0 Å². The molecule has 3 heterocycles. The van der Waals surface area contributed by atoms with Crippen LogP contribution in [0.5, 0.6) is 0 Å². The molecule has 6 nitrogen and oxygen atoms in total. The Morgan fingerprint density at radius 1 is 0.919 bits per heavy atom. The van der Waals surface area contributed by atoms with Gasteiger partial charge in [-0.1, -0.05) is 48.0 Å². The number of anilines is 1. The van der Waals surface area contributed by atoms with E-state index in [2.05, 4.69) is 40.2 Å². The van der Waals surface area contributed by atoms with Gasteiger partial charge < -0.3 is 14.8 Å². The monoisotopic (exact) mass is 491 g/mol. The molecule has 2 amide bonds. The largest absolute Gasteiger partial charge is 0.322 e. The van der Waals surface area contributed by atoms with E-state index in [1.165, 1.54) is 12.1 Å². The number of carbonyl (C=O) groups excluding carboxylic acids is 1. The van der Waals surface area contributed by atoms with E-state index < -0.39 is 0 Å². The van der Waals surface area contributed by atoms with Gasteiger partial charge in [0.1, 0.15) is 11.6 Å². The van der Waals surface area contributed by atoms with Crippen molar-refractivity contribution < 1.29 is 9.18 Å². The first-order valence-electron chi connectivity index (χ1n) is 12.2. The highest BCUT2D eigenvalue weighted by atomic mass is 19.1. The second-order valence-corrected chi connectivity index (χ2v) is 9.32. The Balaban J connectivity index is 1.53. The van der Waals surface area contributed by atoms with Crippen molar-refractivity contribution in [2.75, 3.05) is 5.32 Å². The molecule has 6 rings (SSSR count). The summed E-state index contributed by atoms with van der Waals surface area (Å²) in [7, 11) is 0. The zero-order valence-electron chi connectivity index (χ0n) is 20.6. The van der Waals surface area contributed by atoms with Gasteiger partial charge in [-0.25, -0.2) is 13.9 Å². The third-order valence-electron chi connectivity index (χ3n) is 6.84. The van der Waals surface area contributed by atoms with E-state index in [-0.39, 0.29) is 17.9 Å². The van der Waals surface area contributed by atoms with Crippen LogP contribution in [0.25, 0.3) is 11.5 Å². The van der Waals surface area contributed by atoms with Crippen LogP contribution in [-0.4, -0.2) is 25.3 Å². The van der Waals surface area contributed by atoms with Crippen LogP contribution in [-0.2, 0) is 6.54 Å². The van der Waals surface area contributed by atoms with Crippen LogP contribution >= 0.6 is 0 Å². The molecule has 0 saturated heterocycles. The molecule has 5 aromatic rings. The van der Waals surface area contributed by atoms with Gasteiger partial charge in [0.25, 0.3) is 0 Å². The van der Waals surface area contributed by atoms with Crippen molar-refractivity contribution in [3.05, 3.63) is 131 Å². The predicted molar refractivity (Wildman–Crippen MR) is 142 cm³/mol. The van der Waals surface area contributed by atoms with Crippen molar-refractivity contribution in [1.29, 1.82) is 0 Å². The Kier molecular flexibility index (Phi) is 5.60. The van der Waals surface area contributed by atoms with E-state index in [9.17, 15) is 9.18 Å². The lowest BCUT2D eigenvalue weighted by molar-refractivity contribution is 0.194. The first-order valence-corrected chi connectivity index (χ1v) is 12.2. The summed E-state index contributed by atoms with van der Waals surface area (Å²) in [5.74, 6) is 0.564. The van der Waals surface area contributed by atoms with Crippen LogP contribution in [0.4, 0.5) is 14.9 Å². The minimum Gasteiger partial charge on any atom is -0.308 e. The van der Waals surface area contributed by atoms with Crippen molar-refractivity contribution in [3.63, 3.8) is 0 Å². The number of urea groups is 1. The first-order chi connectivity index (χ1) is 18.0. The Bertz CT molecular complexity index is 1570. The summed E-state index contributed by atoms with van der Waals surface area (Å²) in [6, 6.07) is 27.5. The van der Waals surface area contributed by atoms with Crippen molar-refractivity contribution in [3.8, 4) is 11.5 Å². The van der Waals surface area contributed by atoms with Gasteiger partial charge in [0.15, 0.2) is 0 Å². The average molecular weight is 492 g/mol. The third-order valence-corrected chi connectivity index (χ3v) is 6.84. The molecule has 0 unspecified atom stereocenters. The molecule has 0 saturated carbocycles. The average Bonchev–Trinajstić information content (AvgIpc) is 3.47. The molecule has 37 heavy (non-hydrogen) atoms. The number of halogens is 1. The van der Waals surface area contributed by atoms with Crippen LogP contribution in [0, 0.1) is 19.7 Å². The minimum atomic E-state index is -0.355. The summed E-state index contributed by atoms with van der Waals surface area (Å²) >= 11 is 0. The summed E-state index contributed by atoms with van der Waals surface area (Å²) in [6.07, 6.45) is 2.03. The van der Waals surface area contributed by atoms with Crippen LogP contribution < -0.4 is 5.32 Å². The van der Waals surface area contributed by atoms with Gasteiger partial charge in [-0.2, -0.15) is 5.10 Å². The van der Waals surface area contributed by atoms with E-state index in [1.54, 1.807) is 12.1 Å². The van der Waals surface area contributed by atoms with Gasteiger partial charge in [0.2, 0.25) is 0 Å². The molecule has 7 heteroatoms. The zero-order valence-corrected chi connectivity index (χ0v) is 20.6. The number of benzene rings is 3. The fraction of sp³-hybridized carbons (Fsp3) is 0.133. The number of para-hydroxylation sites is 1. The maximum absolute atomic E-state index is 13.9. The standard InChI is InChI=1S/C30H26FN5O/c1-20-10-12-22(13-11-20)28-27-9-6-18-34(27)29-26(21(2)33-36(29)25-7-4-3-5-8-25)19-35(28)30(37)32-24-16-14-23(31)15-17-24/h3-18,28H,19H2,1-2H3,(H,32,37)/t28-/m1/s1. The quantitative estimate of drug-likeness (QED) is 0.311. The predicted octanol–water partition coefficient (Wildman–Crippen LogP) is 6.56. The van der Waals surface area contributed by atoms with Gasteiger partial charge in [0.05, 0.1) is 29.7 Å². The molecule has 0 radical (unpaired) electrons. The number of hydrogen-bond donors (Lipinski definition) is 1. The molecule has 1 aliphatic heterocycles. The second-order valence-electron chi connectivity index (χ2n) is 9.32. The van der Waals surface area contributed by atoms with Crippen molar-refractivity contribution in [2.45, 2.75) is 26.4 Å². The molecule has 3 aromatic carbocycles. The fourth-order valence-electron chi connectivity index (χ4n) is 4.98. The normalized spacial score (nSPS) is 14.6. The Morgan fingerprint density at radius 2 is 1.65 bits per heavy atom. The number of nitrogens with zero attached hydrogens (tertiary/aromatic N) is 4. The molecular weight excluding hydrogens is 465 g/mol. The molecule has 0 fully saturated rings. The summed E-state index contributed by atoms with van der Waals surface area (Å²) in [4.78, 5) is 15.7. The first kappa shape index (κ1) is 22.8. The Labute approximate surface area is 214 Å². The lowest BCUT2D eigenvalue weighted by Crippen LogP contribution is -2.38. The van der Waals surface area contributed by atoms with Crippen LogP contribution in [0.1, 0.15) is 34.1 Å². The Morgan fingerprint density at radius 3 is 2.38 bits per heavy atom. The summed E-state index contributed by atoms with van der Waals surface area (Å²) in [5.41, 5.74) is 6.39. The summed E-state index contributed by atoms with van der Waals surface area (Å²) in [6.45, 7) is 4.37. The SMILES string of the molecule is Cc1ccc([C@@H]2c3cccn3-c3c(c(C)nn3-c3ccccc3)CN2C(=O)Nc2ccc(F)cc2)cc1. The minimum absolute atomic E-state index is 0.273. The van der Waals surface area contributed by atoms with E-state index in [0.717, 1.165) is 39.6 Å². The van der Waals surface area contributed by atoms with E-state index in [0.29, 0.717) is 12.2 Å². The highest BCUT2D eigenvalue weighted by molar-refractivity contribution is 5.90. The molecule has 0 aliphatic carbocycles. The van der Waals surface area contributed by atoms with Gasteiger partial charge >= 0.3 is 6.03 Å². The van der Waals surface area contributed by atoms with Crippen LogP contribution in [0.2, 0.25) is 0 Å². The van der Waals surface area contributed by atoms with E-state index in [4.69, 9.17) is 5.10 Å². The molecule has 1 aliphatic rings. The van der Waals surface area contributed by atoms with Crippen molar-refractivity contribution >= 4 is 11.7 Å². The highest BCUT2D eigenvalue weighted by Crippen LogP contribution is 2.38. The third kappa shape index (κ3) is 4.08. The zero-order chi connectivity index (χ0) is 25.5. The summed E-state index contributed by atoms with van der Waals surface area (Å²) in [5, 5.41) is 7.85. The number of hydrogen-bond acceptors (Lipinski definition) is 2. The molecule has 2 aromatic heterocycles. The highest BCUT2D eigenvalue weighted by Gasteiger charge is 2.36. The summed E-state index contributed by atoms with van der Waals surface area (Å²) < 4.78 is 17.6. The number of carbonyl (C=O) groups is 1. The number of rotatable bonds is 3. The van der Waals surface area contributed by atoms with Crippen molar-refractivity contribution in [2.24, 2.45) is 0 Å². The molecular formula is C30H26FN5O. The van der Waals surface area contributed by atoms with Gasteiger partial charge in [-0.15, -0.1) is 0 Å². The van der Waals surface area contributed by atoms with Crippen molar-refractivity contribution in [1.82, 2.24) is 19.2 Å². The fourth-order valence-corrected chi connectivity index (χ4v) is 4.98. The lowest BCUT2D eigenvalue weighted by Gasteiger charge is -2.31.